The molecule has 3 rings (SSSR count). The first-order valence-corrected chi connectivity index (χ1v) is 7.31. The SMILES string of the molecule is CC(C)(C)NCc1ccnc(C2COc3ccccc32)n1. The van der Waals surface area contributed by atoms with Gasteiger partial charge in [0.2, 0.25) is 0 Å². The number of nitrogens with one attached hydrogen (secondary N) is 1. The minimum atomic E-state index is 0.0776. The lowest BCUT2D eigenvalue weighted by Crippen LogP contribution is -2.35. The van der Waals surface area contributed by atoms with Crippen molar-refractivity contribution in [1.29, 1.82) is 0 Å². The van der Waals surface area contributed by atoms with E-state index in [0.29, 0.717) is 6.61 Å². The van der Waals surface area contributed by atoms with Gasteiger partial charge < -0.3 is 10.1 Å². The molecule has 2 aromatic rings. The van der Waals surface area contributed by atoms with Gasteiger partial charge >= 0.3 is 0 Å². The molecule has 1 unspecified atom stereocenters. The minimum absolute atomic E-state index is 0.0776. The van der Waals surface area contributed by atoms with Crippen LogP contribution in [0.4, 0.5) is 0 Å². The summed E-state index contributed by atoms with van der Waals surface area (Å²) in [5, 5.41) is 3.45. The van der Waals surface area contributed by atoms with E-state index in [2.05, 4.69) is 37.1 Å². The molecule has 4 nitrogen and oxygen atoms in total. The van der Waals surface area contributed by atoms with Crippen LogP contribution in [0.15, 0.2) is 36.5 Å². The predicted molar refractivity (Wildman–Crippen MR) is 82.4 cm³/mol. The molecule has 0 aliphatic carbocycles. The number of para-hydroxylation sites is 1. The van der Waals surface area contributed by atoms with E-state index in [9.17, 15) is 0 Å². The summed E-state index contributed by atoms with van der Waals surface area (Å²) in [5.74, 6) is 1.92. The van der Waals surface area contributed by atoms with E-state index < -0.39 is 0 Å². The highest BCUT2D eigenvalue weighted by Crippen LogP contribution is 2.36. The molecule has 21 heavy (non-hydrogen) atoms. The molecule has 0 radical (unpaired) electrons. The van der Waals surface area contributed by atoms with Gasteiger partial charge in [-0.25, -0.2) is 9.97 Å². The maximum Gasteiger partial charge on any atom is 0.139 e. The van der Waals surface area contributed by atoms with E-state index in [-0.39, 0.29) is 11.5 Å². The van der Waals surface area contributed by atoms with Gasteiger partial charge in [0.1, 0.15) is 18.2 Å². The largest absolute Gasteiger partial charge is 0.492 e. The first-order valence-electron chi connectivity index (χ1n) is 7.31. The third kappa shape index (κ3) is 3.22. The van der Waals surface area contributed by atoms with Gasteiger partial charge in [-0.1, -0.05) is 18.2 Å². The number of hydrogen-bond acceptors (Lipinski definition) is 4. The first kappa shape index (κ1) is 14.0. The molecule has 1 atom stereocenters. The van der Waals surface area contributed by atoms with Crippen LogP contribution in [0.2, 0.25) is 0 Å². The molecule has 0 saturated carbocycles. The summed E-state index contributed by atoms with van der Waals surface area (Å²) in [6.45, 7) is 7.81. The highest BCUT2D eigenvalue weighted by molar-refractivity contribution is 5.42. The van der Waals surface area contributed by atoms with Crippen LogP contribution in [0, 0.1) is 0 Å². The Labute approximate surface area is 125 Å². The average molecular weight is 283 g/mol. The van der Waals surface area contributed by atoms with Gasteiger partial charge in [0.15, 0.2) is 0 Å². The Hall–Kier alpha value is -1.94. The van der Waals surface area contributed by atoms with Crippen molar-refractivity contribution in [2.24, 2.45) is 0 Å². The van der Waals surface area contributed by atoms with Crippen molar-refractivity contribution in [3.8, 4) is 5.75 Å². The Morgan fingerprint density at radius 1 is 1.24 bits per heavy atom. The summed E-state index contributed by atoms with van der Waals surface area (Å²) >= 11 is 0. The molecule has 1 aliphatic rings. The molecule has 0 fully saturated rings. The summed E-state index contributed by atoms with van der Waals surface area (Å²) in [7, 11) is 0. The van der Waals surface area contributed by atoms with Crippen molar-refractivity contribution in [3.63, 3.8) is 0 Å². The molecule has 0 bridgehead atoms. The maximum absolute atomic E-state index is 5.72. The van der Waals surface area contributed by atoms with E-state index in [1.54, 1.807) is 0 Å². The number of fused-ring (bicyclic) bond motifs is 1. The molecule has 1 aromatic carbocycles. The molecule has 110 valence electrons. The molecule has 4 heteroatoms. The lowest BCUT2D eigenvalue weighted by atomic mass is 10.0. The Bertz CT molecular complexity index is 634. The van der Waals surface area contributed by atoms with Crippen LogP contribution in [-0.4, -0.2) is 22.1 Å². The Balaban J connectivity index is 1.81. The van der Waals surface area contributed by atoms with E-state index in [4.69, 9.17) is 9.72 Å². The fourth-order valence-electron chi connectivity index (χ4n) is 2.41. The van der Waals surface area contributed by atoms with E-state index in [1.807, 2.05) is 30.5 Å². The molecule has 0 saturated heterocycles. The Kier molecular flexibility index (Phi) is 3.64. The highest BCUT2D eigenvalue weighted by atomic mass is 16.5. The number of aromatic nitrogens is 2. The molecular weight excluding hydrogens is 262 g/mol. The van der Waals surface area contributed by atoms with Crippen LogP contribution in [0.3, 0.4) is 0 Å². The second-order valence-corrected chi connectivity index (χ2v) is 6.41. The molecule has 2 heterocycles. The van der Waals surface area contributed by atoms with Gasteiger partial charge in [-0.3, -0.25) is 0 Å². The Morgan fingerprint density at radius 2 is 2.05 bits per heavy atom. The summed E-state index contributed by atoms with van der Waals surface area (Å²) in [4.78, 5) is 9.15. The van der Waals surface area contributed by atoms with Crippen molar-refractivity contribution >= 4 is 0 Å². The Morgan fingerprint density at radius 3 is 2.86 bits per heavy atom. The van der Waals surface area contributed by atoms with E-state index in [0.717, 1.165) is 23.8 Å². The van der Waals surface area contributed by atoms with E-state index >= 15 is 0 Å². The average Bonchev–Trinajstić information content (AvgIpc) is 2.89. The summed E-state index contributed by atoms with van der Waals surface area (Å²) in [5.41, 5.74) is 2.27. The summed E-state index contributed by atoms with van der Waals surface area (Å²) < 4.78 is 5.72. The summed E-state index contributed by atoms with van der Waals surface area (Å²) in [6, 6.07) is 10.1. The zero-order valence-corrected chi connectivity index (χ0v) is 12.8. The zero-order chi connectivity index (χ0) is 14.9. The minimum Gasteiger partial charge on any atom is -0.492 e. The number of ether oxygens (including phenoxy) is 1. The van der Waals surface area contributed by atoms with Crippen molar-refractivity contribution < 1.29 is 4.74 Å². The second kappa shape index (κ2) is 5.45. The topological polar surface area (TPSA) is 47.0 Å². The normalized spacial score (nSPS) is 17.4. The first-order chi connectivity index (χ1) is 10.0. The van der Waals surface area contributed by atoms with Gasteiger partial charge in [0, 0.05) is 23.8 Å². The third-order valence-corrected chi connectivity index (χ3v) is 3.54. The maximum atomic E-state index is 5.72. The smallest absolute Gasteiger partial charge is 0.139 e. The molecule has 1 N–H and O–H groups in total. The van der Waals surface area contributed by atoms with Crippen molar-refractivity contribution in [2.75, 3.05) is 6.61 Å². The van der Waals surface area contributed by atoms with Crippen LogP contribution in [-0.2, 0) is 6.54 Å². The van der Waals surface area contributed by atoms with Crippen molar-refractivity contribution in [3.05, 3.63) is 53.6 Å². The zero-order valence-electron chi connectivity index (χ0n) is 12.8. The molecule has 0 spiro atoms. The third-order valence-electron chi connectivity index (χ3n) is 3.54. The van der Waals surface area contributed by atoms with Gasteiger partial charge in [-0.2, -0.15) is 0 Å². The van der Waals surface area contributed by atoms with Crippen LogP contribution in [0.5, 0.6) is 5.75 Å². The molecule has 0 amide bonds. The van der Waals surface area contributed by atoms with Gasteiger partial charge in [-0.05, 0) is 32.9 Å². The fraction of sp³-hybridized carbons (Fsp3) is 0.412. The van der Waals surface area contributed by atoms with Gasteiger partial charge in [0.25, 0.3) is 0 Å². The number of nitrogens with zero attached hydrogens (tertiary/aromatic N) is 2. The predicted octanol–water partition coefficient (Wildman–Crippen LogP) is 2.89. The van der Waals surface area contributed by atoms with Crippen LogP contribution in [0.25, 0.3) is 0 Å². The van der Waals surface area contributed by atoms with Crippen LogP contribution >= 0.6 is 0 Å². The van der Waals surface area contributed by atoms with Crippen molar-refractivity contribution in [1.82, 2.24) is 15.3 Å². The lowest BCUT2D eigenvalue weighted by Gasteiger charge is -2.20. The summed E-state index contributed by atoms with van der Waals surface area (Å²) in [6.07, 6.45) is 1.84. The number of benzene rings is 1. The standard InChI is InChI=1S/C17H21N3O/c1-17(2,3)19-10-12-8-9-18-16(20-12)14-11-21-15-7-5-4-6-13(14)15/h4-9,14,19H,10-11H2,1-3H3. The van der Waals surface area contributed by atoms with Gasteiger partial charge in [-0.15, -0.1) is 0 Å². The molecule has 1 aromatic heterocycles. The fourth-order valence-corrected chi connectivity index (χ4v) is 2.41. The molecule has 1 aliphatic heterocycles. The van der Waals surface area contributed by atoms with Crippen molar-refractivity contribution in [2.45, 2.75) is 38.8 Å². The lowest BCUT2D eigenvalue weighted by molar-refractivity contribution is 0.339. The second-order valence-electron chi connectivity index (χ2n) is 6.41. The quantitative estimate of drug-likeness (QED) is 0.941. The van der Waals surface area contributed by atoms with Gasteiger partial charge in [0.05, 0.1) is 11.6 Å². The van der Waals surface area contributed by atoms with Crippen LogP contribution in [0.1, 0.15) is 43.8 Å². The number of rotatable bonds is 3. The van der Waals surface area contributed by atoms with Crippen LogP contribution < -0.4 is 10.1 Å². The monoisotopic (exact) mass is 283 g/mol. The number of hydrogen-bond donors (Lipinski definition) is 1. The molecular formula is C17H21N3O. The highest BCUT2D eigenvalue weighted by Gasteiger charge is 2.27. The van der Waals surface area contributed by atoms with E-state index in [1.165, 1.54) is 5.56 Å².